The van der Waals surface area contributed by atoms with Gasteiger partial charge in [-0.05, 0) is 129 Å². The second-order valence-electron chi connectivity index (χ2n) is 16.7. The Morgan fingerprint density at radius 2 is 0.727 bits per heavy atom. The first kappa shape index (κ1) is 27.2. The van der Waals surface area contributed by atoms with E-state index in [1.54, 1.807) is 0 Å². The van der Waals surface area contributed by atoms with E-state index in [1.807, 2.05) is 0 Å². The van der Waals surface area contributed by atoms with Gasteiger partial charge in [-0.15, -0.1) is 0 Å². The van der Waals surface area contributed by atoms with E-state index >= 15 is 0 Å². The molecule has 2 heterocycles. The van der Waals surface area contributed by atoms with Crippen molar-refractivity contribution in [2.45, 2.75) is 88.6 Å². The van der Waals surface area contributed by atoms with E-state index in [4.69, 9.17) is 18.9 Å². The molecule has 2 aromatic carbocycles. The molecule has 0 spiro atoms. The van der Waals surface area contributed by atoms with Crippen molar-refractivity contribution in [1.82, 2.24) is 0 Å². The van der Waals surface area contributed by atoms with Crippen LogP contribution in [0.5, 0.6) is 0 Å². The lowest BCUT2D eigenvalue weighted by Crippen LogP contribution is -2.57. The van der Waals surface area contributed by atoms with Gasteiger partial charge in [0.05, 0.1) is 26.4 Å². The fourth-order valence-corrected chi connectivity index (χ4v) is 13.4. The minimum Gasteiger partial charge on any atom is -0.343 e. The fourth-order valence-electron chi connectivity index (χ4n) is 13.4. The molecule has 8 bridgehead atoms. The van der Waals surface area contributed by atoms with Crippen molar-refractivity contribution in [3.63, 3.8) is 0 Å². The van der Waals surface area contributed by atoms with Gasteiger partial charge in [0.2, 0.25) is 11.6 Å². The zero-order chi connectivity index (χ0) is 29.1. The quantitative estimate of drug-likeness (QED) is 0.337. The Kier molecular flexibility index (Phi) is 5.88. The number of hydrogen-bond acceptors (Lipinski definition) is 4. The summed E-state index contributed by atoms with van der Waals surface area (Å²) in [5.74, 6) is 3.97. The maximum Gasteiger partial charge on any atom is 0.200 e. The molecule has 0 aromatic heterocycles. The summed E-state index contributed by atoms with van der Waals surface area (Å²) in [6.07, 6.45) is 16.1. The van der Waals surface area contributed by atoms with Crippen molar-refractivity contribution >= 4 is 5.57 Å². The summed E-state index contributed by atoms with van der Waals surface area (Å²) in [7, 11) is 0. The monoisotopic (exact) mass is 592 g/mol. The number of ether oxygens (including phenoxy) is 4. The Balaban J connectivity index is 0.926. The van der Waals surface area contributed by atoms with Crippen LogP contribution in [0, 0.1) is 46.3 Å². The van der Waals surface area contributed by atoms with Crippen LogP contribution in [-0.2, 0) is 30.5 Å². The average Bonchev–Trinajstić information content (AvgIpc) is 3.73. The minimum atomic E-state index is -0.586. The lowest BCUT2D eigenvalue weighted by atomic mass is 9.46. The molecule has 4 heteroatoms. The first-order valence-corrected chi connectivity index (χ1v) is 17.9. The predicted molar refractivity (Wildman–Crippen MR) is 169 cm³/mol. The van der Waals surface area contributed by atoms with Gasteiger partial charge in [0.15, 0.2) is 0 Å². The van der Waals surface area contributed by atoms with Crippen LogP contribution in [0.15, 0.2) is 55.1 Å². The molecule has 232 valence electrons. The molecule has 8 saturated carbocycles. The molecule has 2 aromatic rings. The van der Waals surface area contributed by atoms with Gasteiger partial charge in [-0.25, -0.2) is 0 Å². The maximum atomic E-state index is 6.69. The highest BCUT2D eigenvalue weighted by molar-refractivity contribution is 5.78. The smallest absolute Gasteiger partial charge is 0.200 e. The van der Waals surface area contributed by atoms with Crippen molar-refractivity contribution < 1.29 is 18.9 Å². The number of hydrogen-bond donors (Lipinski definition) is 0. The Morgan fingerprint density at radius 1 is 0.455 bits per heavy atom. The molecule has 2 aliphatic heterocycles. The Hall–Kier alpha value is -1.98. The van der Waals surface area contributed by atoms with Gasteiger partial charge in [-0.3, -0.25) is 0 Å². The number of benzene rings is 2. The molecule has 0 amide bonds. The zero-order valence-electron chi connectivity index (χ0n) is 26.2. The van der Waals surface area contributed by atoms with E-state index < -0.39 is 11.6 Å². The van der Waals surface area contributed by atoms with Gasteiger partial charge in [0.25, 0.3) is 0 Å². The van der Waals surface area contributed by atoms with Crippen molar-refractivity contribution in [3.05, 3.63) is 77.4 Å². The van der Waals surface area contributed by atoms with Crippen molar-refractivity contribution in [2.24, 2.45) is 46.3 Å². The highest BCUT2D eigenvalue weighted by Crippen LogP contribution is 2.69. The summed E-state index contributed by atoms with van der Waals surface area (Å²) >= 11 is 0. The molecule has 12 rings (SSSR count). The van der Waals surface area contributed by atoms with E-state index in [1.165, 1.54) is 88.2 Å². The lowest BCUT2D eigenvalue weighted by molar-refractivity contribution is -0.291. The molecule has 0 radical (unpaired) electrons. The summed E-state index contributed by atoms with van der Waals surface area (Å²) < 4.78 is 26.7. The van der Waals surface area contributed by atoms with E-state index in [0.717, 1.165) is 52.2 Å². The van der Waals surface area contributed by atoms with E-state index in [9.17, 15) is 0 Å². The average molecular weight is 593 g/mol. The van der Waals surface area contributed by atoms with E-state index in [2.05, 4.69) is 55.1 Å². The van der Waals surface area contributed by atoms with Gasteiger partial charge < -0.3 is 18.9 Å². The van der Waals surface area contributed by atoms with E-state index in [0.29, 0.717) is 26.4 Å². The summed E-state index contributed by atoms with van der Waals surface area (Å²) in [5.41, 5.74) is 6.03. The standard InChI is InChI=1S/C40H48O4/c1-26(33-2-6-35(7-3-33)39(41-10-11-42-39)37-20-27-14-28(21-37)16-29(15-27)22-37)34-4-8-36(9-5-34)40(43-12-13-44-40)38-23-30-17-31(24-38)19-32(18-30)25-38/h2-9,27-32H,1,10-25H2. The Morgan fingerprint density at radius 3 is 1.00 bits per heavy atom. The zero-order valence-corrected chi connectivity index (χ0v) is 26.2. The Bertz CT molecular complexity index is 1260. The van der Waals surface area contributed by atoms with Crippen LogP contribution in [0.25, 0.3) is 5.57 Å². The molecule has 44 heavy (non-hydrogen) atoms. The van der Waals surface area contributed by atoms with Gasteiger partial charge in [-0.2, -0.15) is 0 Å². The van der Waals surface area contributed by atoms with Crippen LogP contribution in [0.4, 0.5) is 0 Å². The van der Waals surface area contributed by atoms with Crippen molar-refractivity contribution in [3.8, 4) is 0 Å². The SMILES string of the molecule is C=C(c1ccc(C2(C34CC5CC(CC(C5)C3)C4)OCCO2)cc1)c1ccc(C2(C34CC5CC(CC(C5)C3)C4)OCCO2)cc1. The van der Waals surface area contributed by atoms with Crippen molar-refractivity contribution in [1.29, 1.82) is 0 Å². The normalized spacial score (nSPS) is 42.3. The first-order valence-electron chi connectivity index (χ1n) is 17.9. The van der Waals surface area contributed by atoms with Crippen LogP contribution in [-0.4, -0.2) is 26.4 Å². The summed E-state index contributed by atoms with van der Waals surface area (Å²) in [6.45, 7) is 7.35. The second-order valence-corrected chi connectivity index (χ2v) is 16.7. The Labute approximate surface area is 262 Å². The van der Waals surface area contributed by atoms with Crippen LogP contribution in [0.2, 0.25) is 0 Å². The molecular weight excluding hydrogens is 544 g/mol. The third-order valence-corrected chi connectivity index (χ3v) is 14.1. The summed E-state index contributed by atoms with van der Waals surface area (Å²) in [4.78, 5) is 0. The lowest BCUT2D eigenvalue weighted by Gasteiger charge is -2.61. The molecular formula is C40H48O4. The summed E-state index contributed by atoms with van der Waals surface area (Å²) in [6, 6.07) is 18.1. The highest BCUT2D eigenvalue weighted by atomic mass is 16.7. The molecule has 8 aliphatic carbocycles. The molecule has 4 nitrogen and oxygen atoms in total. The molecule has 0 N–H and O–H groups in total. The van der Waals surface area contributed by atoms with Gasteiger partial charge >= 0.3 is 0 Å². The van der Waals surface area contributed by atoms with Gasteiger partial charge in [0, 0.05) is 22.0 Å². The van der Waals surface area contributed by atoms with Crippen LogP contribution >= 0.6 is 0 Å². The maximum absolute atomic E-state index is 6.69. The molecule has 2 saturated heterocycles. The van der Waals surface area contributed by atoms with Gasteiger partial charge in [-0.1, -0.05) is 55.1 Å². The van der Waals surface area contributed by atoms with Crippen LogP contribution in [0.1, 0.15) is 99.3 Å². The summed E-state index contributed by atoms with van der Waals surface area (Å²) in [5, 5.41) is 0. The number of rotatable bonds is 6. The van der Waals surface area contributed by atoms with E-state index in [-0.39, 0.29) is 10.8 Å². The molecule has 0 unspecified atom stereocenters. The molecule has 0 atom stereocenters. The predicted octanol–water partition coefficient (Wildman–Crippen LogP) is 8.58. The third-order valence-electron chi connectivity index (χ3n) is 14.1. The van der Waals surface area contributed by atoms with Crippen LogP contribution < -0.4 is 0 Å². The largest absolute Gasteiger partial charge is 0.343 e. The van der Waals surface area contributed by atoms with Crippen molar-refractivity contribution in [2.75, 3.05) is 26.4 Å². The second kappa shape index (κ2) is 9.53. The first-order chi connectivity index (χ1) is 21.5. The topological polar surface area (TPSA) is 36.9 Å². The molecule has 10 aliphatic rings. The fraction of sp³-hybridized carbons (Fsp3) is 0.650. The third kappa shape index (κ3) is 3.72. The minimum absolute atomic E-state index is 0.129. The molecule has 10 fully saturated rings. The highest BCUT2D eigenvalue weighted by Gasteiger charge is 2.65. The van der Waals surface area contributed by atoms with Crippen LogP contribution in [0.3, 0.4) is 0 Å². The van der Waals surface area contributed by atoms with Gasteiger partial charge in [0.1, 0.15) is 0 Å².